The third-order valence-electron chi connectivity index (χ3n) is 5.71. The van der Waals surface area contributed by atoms with Crippen LogP contribution in [-0.2, 0) is 21.2 Å². The lowest BCUT2D eigenvalue weighted by Gasteiger charge is -2.36. The molecule has 1 spiro atoms. The topological polar surface area (TPSA) is 58.2 Å². The SMILES string of the molecule is O=C(/C=C/c1ccccc1C(F)(F)F)[C@H]1CC2(CCN1)C(=O)Nc1ccc(F)cc12. The number of amides is 1. The zero-order chi connectivity index (χ0) is 21.5. The largest absolute Gasteiger partial charge is 0.416 e. The Bertz CT molecular complexity index is 1050. The summed E-state index contributed by atoms with van der Waals surface area (Å²) in [7, 11) is 0. The van der Waals surface area contributed by atoms with E-state index in [0.717, 1.165) is 18.2 Å². The van der Waals surface area contributed by atoms with Crippen molar-refractivity contribution in [1.29, 1.82) is 0 Å². The molecule has 1 amide bonds. The molecule has 1 saturated heterocycles. The highest BCUT2D eigenvalue weighted by Crippen LogP contribution is 2.45. The second-order valence-corrected chi connectivity index (χ2v) is 7.51. The molecule has 2 atom stereocenters. The van der Waals surface area contributed by atoms with Gasteiger partial charge in [-0.15, -0.1) is 0 Å². The fourth-order valence-corrected chi connectivity index (χ4v) is 4.21. The predicted molar refractivity (Wildman–Crippen MR) is 103 cm³/mol. The van der Waals surface area contributed by atoms with Crippen LogP contribution in [-0.4, -0.2) is 24.3 Å². The summed E-state index contributed by atoms with van der Waals surface area (Å²) < 4.78 is 53.2. The number of anilines is 1. The van der Waals surface area contributed by atoms with Crippen LogP contribution in [0.1, 0.15) is 29.5 Å². The van der Waals surface area contributed by atoms with E-state index in [9.17, 15) is 27.2 Å². The Morgan fingerprint density at radius 2 is 1.93 bits per heavy atom. The number of fused-ring (bicyclic) bond motifs is 2. The molecule has 1 unspecified atom stereocenters. The van der Waals surface area contributed by atoms with E-state index < -0.39 is 34.8 Å². The molecule has 2 aromatic rings. The van der Waals surface area contributed by atoms with E-state index in [2.05, 4.69) is 10.6 Å². The van der Waals surface area contributed by atoms with Gasteiger partial charge in [0.1, 0.15) is 5.82 Å². The molecule has 0 saturated carbocycles. The number of piperidine rings is 1. The van der Waals surface area contributed by atoms with Gasteiger partial charge in [0.05, 0.1) is 17.0 Å². The van der Waals surface area contributed by atoms with E-state index in [4.69, 9.17) is 0 Å². The van der Waals surface area contributed by atoms with Crippen molar-refractivity contribution in [3.63, 3.8) is 0 Å². The van der Waals surface area contributed by atoms with Crippen molar-refractivity contribution in [2.45, 2.75) is 30.5 Å². The number of rotatable bonds is 3. The lowest BCUT2D eigenvalue weighted by Crippen LogP contribution is -2.52. The van der Waals surface area contributed by atoms with Crippen molar-refractivity contribution < 1.29 is 27.2 Å². The quantitative estimate of drug-likeness (QED) is 0.584. The lowest BCUT2D eigenvalue weighted by atomic mass is 9.71. The van der Waals surface area contributed by atoms with Gasteiger partial charge < -0.3 is 10.6 Å². The molecule has 30 heavy (non-hydrogen) atoms. The van der Waals surface area contributed by atoms with Crippen molar-refractivity contribution >= 4 is 23.5 Å². The molecular formula is C22H18F4N2O2. The number of carbonyl (C=O) groups is 2. The molecule has 8 heteroatoms. The van der Waals surface area contributed by atoms with Crippen LogP contribution in [0.2, 0.25) is 0 Å². The standard InChI is InChI=1S/C22H18F4N2O2/c23-14-6-7-17-16(11-14)21(20(30)28-17)9-10-27-18(12-21)19(29)8-5-13-3-1-2-4-15(13)22(24,25)26/h1-8,11,18,27H,9-10,12H2,(H,28,30)/b8-5+/t18-,21?/m1/s1. The second-order valence-electron chi connectivity index (χ2n) is 7.51. The van der Waals surface area contributed by atoms with Crippen LogP contribution in [0.15, 0.2) is 48.5 Å². The molecule has 1 fully saturated rings. The minimum Gasteiger partial charge on any atom is -0.325 e. The molecular weight excluding hydrogens is 400 g/mol. The number of benzene rings is 2. The molecule has 0 aromatic heterocycles. The smallest absolute Gasteiger partial charge is 0.325 e. The molecule has 2 N–H and O–H groups in total. The molecule has 4 rings (SSSR count). The highest BCUT2D eigenvalue weighted by atomic mass is 19.4. The van der Waals surface area contributed by atoms with Crippen LogP contribution in [0.3, 0.4) is 0 Å². The Kier molecular flexibility index (Phi) is 4.97. The van der Waals surface area contributed by atoms with E-state index in [1.807, 2.05) is 0 Å². The summed E-state index contributed by atoms with van der Waals surface area (Å²) in [5.41, 5.74) is -0.959. The fourth-order valence-electron chi connectivity index (χ4n) is 4.21. The Morgan fingerprint density at radius 1 is 1.17 bits per heavy atom. The summed E-state index contributed by atoms with van der Waals surface area (Å²) in [5.74, 6) is -1.22. The Balaban J connectivity index is 1.58. The Labute approximate surface area is 170 Å². The van der Waals surface area contributed by atoms with Crippen LogP contribution in [0.25, 0.3) is 6.08 Å². The van der Waals surface area contributed by atoms with E-state index in [1.54, 1.807) is 0 Å². The van der Waals surface area contributed by atoms with Crippen molar-refractivity contribution in [2.24, 2.45) is 0 Å². The number of halogens is 4. The highest BCUT2D eigenvalue weighted by Gasteiger charge is 2.50. The molecule has 2 aromatic carbocycles. The van der Waals surface area contributed by atoms with Gasteiger partial charge >= 0.3 is 6.18 Å². The minimum absolute atomic E-state index is 0.0966. The first-order chi connectivity index (χ1) is 14.2. The molecule has 2 heterocycles. The summed E-state index contributed by atoms with van der Waals surface area (Å²) in [6.07, 6.45) is -1.82. The predicted octanol–water partition coefficient (Wildman–Crippen LogP) is 4.07. The number of hydrogen-bond donors (Lipinski definition) is 2. The summed E-state index contributed by atoms with van der Waals surface area (Å²) in [6.45, 7) is 0.340. The van der Waals surface area contributed by atoms with Gasteiger partial charge in [0.2, 0.25) is 5.91 Å². The average Bonchev–Trinajstić information content (AvgIpc) is 2.96. The van der Waals surface area contributed by atoms with Crippen molar-refractivity contribution in [3.05, 3.63) is 71.0 Å². The number of alkyl halides is 3. The molecule has 0 radical (unpaired) electrons. The fraction of sp³-hybridized carbons (Fsp3) is 0.273. The van der Waals surface area contributed by atoms with Crippen LogP contribution < -0.4 is 10.6 Å². The van der Waals surface area contributed by atoms with E-state index in [-0.39, 0.29) is 17.9 Å². The van der Waals surface area contributed by atoms with E-state index >= 15 is 0 Å². The monoisotopic (exact) mass is 418 g/mol. The molecule has 2 aliphatic rings. The molecule has 0 bridgehead atoms. The van der Waals surface area contributed by atoms with E-state index in [1.165, 1.54) is 36.4 Å². The number of ketones is 1. The van der Waals surface area contributed by atoms with Gasteiger partial charge in [-0.05, 0) is 60.9 Å². The Morgan fingerprint density at radius 3 is 2.70 bits per heavy atom. The normalized spacial score (nSPS) is 23.6. The summed E-state index contributed by atoms with van der Waals surface area (Å²) in [5, 5.41) is 5.76. The van der Waals surface area contributed by atoms with Gasteiger partial charge in [0, 0.05) is 5.69 Å². The zero-order valence-electron chi connectivity index (χ0n) is 15.7. The molecule has 0 aliphatic carbocycles. The minimum atomic E-state index is -4.53. The van der Waals surface area contributed by atoms with Crippen LogP contribution in [0.4, 0.5) is 23.2 Å². The average molecular weight is 418 g/mol. The summed E-state index contributed by atoms with van der Waals surface area (Å²) >= 11 is 0. The summed E-state index contributed by atoms with van der Waals surface area (Å²) in [4.78, 5) is 25.4. The maximum Gasteiger partial charge on any atom is 0.416 e. The molecule has 2 aliphatic heterocycles. The maximum absolute atomic E-state index is 13.8. The van der Waals surface area contributed by atoms with Gasteiger partial charge in [-0.25, -0.2) is 4.39 Å². The first-order valence-electron chi connectivity index (χ1n) is 9.44. The van der Waals surface area contributed by atoms with Crippen molar-refractivity contribution in [3.8, 4) is 0 Å². The highest BCUT2D eigenvalue weighted by molar-refractivity contribution is 6.07. The second kappa shape index (κ2) is 7.36. The Hall–Kier alpha value is -3.00. The first kappa shape index (κ1) is 20.3. The van der Waals surface area contributed by atoms with Crippen molar-refractivity contribution in [2.75, 3.05) is 11.9 Å². The van der Waals surface area contributed by atoms with Crippen LogP contribution in [0, 0.1) is 5.82 Å². The molecule has 4 nitrogen and oxygen atoms in total. The van der Waals surface area contributed by atoms with Gasteiger partial charge in [-0.2, -0.15) is 13.2 Å². The van der Waals surface area contributed by atoms with E-state index in [0.29, 0.717) is 24.2 Å². The number of carbonyl (C=O) groups excluding carboxylic acids is 2. The zero-order valence-corrected chi connectivity index (χ0v) is 15.7. The number of hydrogen-bond acceptors (Lipinski definition) is 3. The number of nitrogens with one attached hydrogen (secondary N) is 2. The summed E-state index contributed by atoms with van der Waals surface area (Å²) in [6, 6.07) is 8.25. The lowest BCUT2D eigenvalue weighted by molar-refractivity contribution is -0.137. The van der Waals surface area contributed by atoms with Gasteiger partial charge in [0.25, 0.3) is 0 Å². The van der Waals surface area contributed by atoms with Gasteiger partial charge in [0.15, 0.2) is 5.78 Å². The molecule has 156 valence electrons. The third kappa shape index (κ3) is 3.52. The third-order valence-corrected chi connectivity index (χ3v) is 5.71. The first-order valence-corrected chi connectivity index (χ1v) is 9.44. The van der Waals surface area contributed by atoms with Crippen molar-refractivity contribution in [1.82, 2.24) is 5.32 Å². The maximum atomic E-state index is 13.8. The van der Waals surface area contributed by atoms with Crippen LogP contribution in [0.5, 0.6) is 0 Å². The van der Waals surface area contributed by atoms with Crippen LogP contribution >= 0.6 is 0 Å². The van der Waals surface area contributed by atoms with Gasteiger partial charge in [-0.3, -0.25) is 9.59 Å². The van der Waals surface area contributed by atoms with Gasteiger partial charge in [-0.1, -0.05) is 24.3 Å².